The normalized spacial score (nSPS) is 23.5. The lowest BCUT2D eigenvalue weighted by Gasteiger charge is -2.35. The number of likely N-dealkylation sites (tertiary alicyclic amines) is 1. The van der Waals surface area contributed by atoms with Crippen LogP contribution in [-0.2, 0) is 9.59 Å². The molecule has 0 saturated carbocycles. The number of amides is 1. The van der Waals surface area contributed by atoms with E-state index in [1.807, 2.05) is 6.92 Å². The molecule has 1 saturated heterocycles. The zero-order valence-electron chi connectivity index (χ0n) is 11.5. The van der Waals surface area contributed by atoms with Crippen molar-refractivity contribution in [3.63, 3.8) is 0 Å². The molecular formula is C12H18N4O4. The van der Waals surface area contributed by atoms with Gasteiger partial charge in [-0.3, -0.25) is 19.8 Å². The maximum atomic E-state index is 11.9. The first-order valence-corrected chi connectivity index (χ1v) is 6.52. The second kappa shape index (κ2) is 6.00. The number of nitrogens with one attached hydrogen (secondary N) is 1. The number of anilines is 1. The van der Waals surface area contributed by atoms with Gasteiger partial charge in [0.15, 0.2) is 0 Å². The second-order valence-electron chi connectivity index (χ2n) is 5.13. The molecule has 1 aromatic rings. The fourth-order valence-corrected chi connectivity index (χ4v) is 2.33. The lowest BCUT2D eigenvalue weighted by atomic mass is 9.92. The highest BCUT2D eigenvalue weighted by Gasteiger charge is 2.32. The van der Waals surface area contributed by atoms with Gasteiger partial charge in [0.2, 0.25) is 11.8 Å². The van der Waals surface area contributed by atoms with Gasteiger partial charge in [0.05, 0.1) is 6.54 Å². The Morgan fingerprint density at radius 1 is 1.50 bits per heavy atom. The number of hydrogen-bond acceptors (Lipinski definition) is 6. The van der Waals surface area contributed by atoms with Crippen molar-refractivity contribution in [3.05, 3.63) is 5.89 Å². The zero-order valence-corrected chi connectivity index (χ0v) is 11.5. The standard InChI is InChI=1S/C12H18N4O4/c1-7-3-4-16(9(5-7)11(18)19)6-10(17)13-12-15-14-8(2)20-12/h7,9H,3-6H2,1-2H3,(H,18,19)(H,13,15,17). The largest absolute Gasteiger partial charge is 0.480 e. The lowest BCUT2D eigenvalue weighted by Crippen LogP contribution is -2.49. The first-order chi connectivity index (χ1) is 9.45. The zero-order chi connectivity index (χ0) is 14.7. The van der Waals surface area contributed by atoms with E-state index in [0.29, 0.717) is 24.8 Å². The third kappa shape index (κ3) is 3.53. The number of carbonyl (C=O) groups excluding carboxylic acids is 1. The van der Waals surface area contributed by atoms with Gasteiger partial charge in [-0.15, -0.1) is 5.10 Å². The molecule has 1 aromatic heterocycles. The van der Waals surface area contributed by atoms with Crippen LogP contribution in [0.2, 0.25) is 0 Å². The van der Waals surface area contributed by atoms with E-state index in [0.717, 1.165) is 6.42 Å². The summed E-state index contributed by atoms with van der Waals surface area (Å²) in [6, 6.07) is -0.585. The van der Waals surface area contributed by atoms with E-state index in [-0.39, 0.29) is 18.5 Å². The minimum absolute atomic E-state index is 0.00507. The summed E-state index contributed by atoms with van der Waals surface area (Å²) in [6.45, 7) is 4.24. The number of rotatable bonds is 4. The molecule has 0 aliphatic carbocycles. The van der Waals surface area contributed by atoms with Gasteiger partial charge >= 0.3 is 12.0 Å². The highest BCUT2D eigenvalue weighted by atomic mass is 16.4. The molecule has 2 unspecified atom stereocenters. The minimum atomic E-state index is -0.891. The van der Waals surface area contributed by atoms with Crippen LogP contribution in [0.25, 0.3) is 0 Å². The van der Waals surface area contributed by atoms with E-state index < -0.39 is 12.0 Å². The average molecular weight is 282 g/mol. The van der Waals surface area contributed by atoms with E-state index in [1.165, 1.54) is 0 Å². The van der Waals surface area contributed by atoms with Crippen molar-refractivity contribution in [2.75, 3.05) is 18.4 Å². The van der Waals surface area contributed by atoms with Gasteiger partial charge in [-0.1, -0.05) is 12.0 Å². The first kappa shape index (κ1) is 14.4. The third-order valence-corrected chi connectivity index (χ3v) is 3.38. The predicted octanol–water partition coefficient (Wildman–Crippen LogP) is 0.502. The van der Waals surface area contributed by atoms with Gasteiger partial charge in [-0.25, -0.2) is 0 Å². The molecule has 1 fully saturated rings. The molecule has 2 N–H and O–H groups in total. The number of carboxylic acid groups (broad SMARTS) is 1. The van der Waals surface area contributed by atoms with Gasteiger partial charge in [-0.05, 0) is 25.3 Å². The van der Waals surface area contributed by atoms with Crippen molar-refractivity contribution >= 4 is 17.9 Å². The Morgan fingerprint density at radius 2 is 2.25 bits per heavy atom. The SMILES string of the molecule is Cc1nnc(NC(=O)CN2CCC(C)CC2C(=O)O)o1. The molecular weight excluding hydrogens is 264 g/mol. The van der Waals surface area contributed by atoms with Crippen LogP contribution in [0.5, 0.6) is 0 Å². The van der Waals surface area contributed by atoms with Crippen molar-refractivity contribution in [1.82, 2.24) is 15.1 Å². The Hall–Kier alpha value is -1.96. The summed E-state index contributed by atoms with van der Waals surface area (Å²) < 4.78 is 5.05. The number of aliphatic carboxylic acids is 1. The molecule has 1 aliphatic heterocycles. The van der Waals surface area contributed by atoms with Crippen LogP contribution < -0.4 is 5.32 Å². The van der Waals surface area contributed by atoms with E-state index >= 15 is 0 Å². The van der Waals surface area contributed by atoms with E-state index in [9.17, 15) is 14.7 Å². The molecule has 2 atom stereocenters. The highest BCUT2D eigenvalue weighted by molar-refractivity contribution is 5.90. The van der Waals surface area contributed by atoms with Gasteiger partial charge in [0.1, 0.15) is 6.04 Å². The van der Waals surface area contributed by atoms with Crippen LogP contribution >= 0.6 is 0 Å². The molecule has 2 heterocycles. The number of carboxylic acids is 1. The first-order valence-electron chi connectivity index (χ1n) is 6.52. The summed E-state index contributed by atoms with van der Waals surface area (Å²) in [5.41, 5.74) is 0. The van der Waals surface area contributed by atoms with Gasteiger partial charge < -0.3 is 9.52 Å². The number of hydrogen-bond donors (Lipinski definition) is 2. The van der Waals surface area contributed by atoms with Crippen LogP contribution in [-0.4, -0.2) is 51.2 Å². The summed E-state index contributed by atoms with van der Waals surface area (Å²) in [5.74, 6) is -0.531. The molecule has 0 radical (unpaired) electrons. The van der Waals surface area contributed by atoms with Crippen LogP contribution in [0.4, 0.5) is 6.01 Å². The highest BCUT2D eigenvalue weighted by Crippen LogP contribution is 2.22. The predicted molar refractivity (Wildman–Crippen MR) is 69.1 cm³/mol. The molecule has 0 spiro atoms. The van der Waals surface area contributed by atoms with Crippen LogP contribution in [0.15, 0.2) is 4.42 Å². The molecule has 1 aliphatic rings. The fourth-order valence-electron chi connectivity index (χ4n) is 2.33. The molecule has 20 heavy (non-hydrogen) atoms. The quantitative estimate of drug-likeness (QED) is 0.827. The van der Waals surface area contributed by atoms with Gasteiger partial charge in [0, 0.05) is 6.92 Å². The van der Waals surface area contributed by atoms with Gasteiger partial charge in [-0.2, -0.15) is 0 Å². The number of nitrogens with zero attached hydrogens (tertiary/aromatic N) is 3. The topological polar surface area (TPSA) is 109 Å². The summed E-state index contributed by atoms with van der Waals surface area (Å²) in [6.07, 6.45) is 1.44. The molecule has 110 valence electrons. The Bertz CT molecular complexity index is 501. The summed E-state index contributed by atoms with van der Waals surface area (Å²) in [5, 5.41) is 18.9. The Labute approximate surface area is 116 Å². The fraction of sp³-hybridized carbons (Fsp3) is 0.667. The molecule has 0 aromatic carbocycles. The van der Waals surface area contributed by atoms with Crippen molar-refractivity contribution in [1.29, 1.82) is 0 Å². The maximum Gasteiger partial charge on any atom is 0.322 e. The van der Waals surface area contributed by atoms with Crippen molar-refractivity contribution in [2.24, 2.45) is 5.92 Å². The van der Waals surface area contributed by atoms with Crippen LogP contribution in [0.1, 0.15) is 25.7 Å². The minimum Gasteiger partial charge on any atom is -0.480 e. The summed E-state index contributed by atoms with van der Waals surface area (Å²) in [7, 11) is 0. The van der Waals surface area contributed by atoms with Gasteiger partial charge in [0.25, 0.3) is 0 Å². The Kier molecular flexibility index (Phi) is 4.33. The Balaban J connectivity index is 1.93. The monoisotopic (exact) mass is 282 g/mol. The van der Waals surface area contributed by atoms with Crippen LogP contribution in [0.3, 0.4) is 0 Å². The molecule has 8 heteroatoms. The maximum absolute atomic E-state index is 11.9. The number of aryl methyl sites for hydroxylation is 1. The smallest absolute Gasteiger partial charge is 0.322 e. The van der Waals surface area contributed by atoms with Crippen molar-refractivity contribution < 1.29 is 19.1 Å². The summed E-state index contributed by atoms with van der Waals surface area (Å²) >= 11 is 0. The van der Waals surface area contributed by atoms with E-state index in [2.05, 4.69) is 15.5 Å². The van der Waals surface area contributed by atoms with Crippen molar-refractivity contribution in [3.8, 4) is 0 Å². The molecule has 8 nitrogen and oxygen atoms in total. The molecule has 2 rings (SSSR count). The average Bonchev–Trinajstić information content (AvgIpc) is 2.76. The third-order valence-electron chi connectivity index (χ3n) is 3.38. The number of carbonyl (C=O) groups is 2. The summed E-state index contributed by atoms with van der Waals surface area (Å²) in [4.78, 5) is 24.8. The second-order valence-corrected chi connectivity index (χ2v) is 5.13. The molecule has 1 amide bonds. The van der Waals surface area contributed by atoms with E-state index in [4.69, 9.17) is 4.42 Å². The Morgan fingerprint density at radius 3 is 2.85 bits per heavy atom. The van der Waals surface area contributed by atoms with Crippen LogP contribution in [0, 0.1) is 12.8 Å². The number of piperidine rings is 1. The lowest BCUT2D eigenvalue weighted by molar-refractivity contribution is -0.145. The number of aromatic nitrogens is 2. The van der Waals surface area contributed by atoms with E-state index in [1.54, 1.807) is 11.8 Å². The van der Waals surface area contributed by atoms with Crippen molar-refractivity contribution in [2.45, 2.75) is 32.7 Å². The molecule has 0 bridgehead atoms.